The van der Waals surface area contributed by atoms with Crippen LogP contribution in [-0.2, 0) is 9.59 Å². The van der Waals surface area contributed by atoms with Crippen molar-refractivity contribution in [2.45, 2.75) is 58.5 Å². The summed E-state index contributed by atoms with van der Waals surface area (Å²) < 4.78 is 0. The van der Waals surface area contributed by atoms with Crippen LogP contribution in [-0.4, -0.2) is 46.3 Å². The van der Waals surface area contributed by atoms with Crippen molar-refractivity contribution in [3.8, 4) is 0 Å². The molecule has 1 rings (SSSR count). The Balaban J connectivity index is 2.75. The highest BCUT2D eigenvalue weighted by Gasteiger charge is 2.46. The van der Waals surface area contributed by atoms with E-state index < -0.39 is 5.54 Å². The Morgan fingerprint density at radius 3 is 2.42 bits per heavy atom. The molecule has 0 bridgehead atoms. The average Bonchev–Trinajstić information content (AvgIpc) is 2.42. The predicted octanol–water partition coefficient (Wildman–Crippen LogP) is 2.04. The van der Waals surface area contributed by atoms with Gasteiger partial charge in [-0.1, -0.05) is 20.8 Å². The van der Waals surface area contributed by atoms with Gasteiger partial charge in [0.05, 0.1) is 0 Å². The molecule has 1 aliphatic heterocycles. The summed E-state index contributed by atoms with van der Waals surface area (Å²) in [7, 11) is 0. The normalized spacial score (nSPS) is 22.5. The molecular weight excluding hydrogens is 260 g/mol. The van der Waals surface area contributed by atoms with E-state index in [1.54, 1.807) is 4.90 Å². The number of hydrogen-bond acceptors (Lipinski definition) is 3. The van der Waals surface area contributed by atoms with Gasteiger partial charge in [-0.3, -0.25) is 9.59 Å². The monoisotopic (exact) mass is 286 g/mol. The molecule has 0 spiro atoms. The van der Waals surface area contributed by atoms with Gasteiger partial charge in [-0.25, -0.2) is 0 Å². The molecule has 0 aromatic heterocycles. The fourth-order valence-electron chi connectivity index (χ4n) is 2.49. The lowest BCUT2D eigenvalue weighted by atomic mass is 9.87. The second kappa shape index (κ2) is 7.17. The Kier molecular flexibility index (Phi) is 6.17. The van der Waals surface area contributed by atoms with Crippen molar-refractivity contribution in [3.05, 3.63) is 0 Å². The number of carbonyl (C=O) groups is 2. The molecule has 0 aliphatic carbocycles. The number of hydrogen-bond donors (Lipinski definition) is 1. The summed E-state index contributed by atoms with van der Waals surface area (Å²) >= 11 is 1.87. The van der Waals surface area contributed by atoms with Crippen LogP contribution in [0.15, 0.2) is 0 Å². The summed E-state index contributed by atoms with van der Waals surface area (Å²) in [6.45, 7) is 8.55. The predicted molar refractivity (Wildman–Crippen MR) is 80.2 cm³/mol. The lowest BCUT2D eigenvalue weighted by Crippen LogP contribution is -2.69. The zero-order valence-electron chi connectivity index (χ0n) is 12.5. The van der Waals surface area contributed by atoms with Crippen LogP contribution in [0.3, 0.4) is 0 Å². The van der Waals surface area contributed by atoms with Crippen LogP contribution in [0.25, 0.3) is 0 Å². The third-order valence-corrected chi connectivity index (χ3v) is 4.96. The van der Waals surface area contributed by atoms with Gasteiger partial charge in [0.15, 0.2) is 0 Å². The zero-order valence-corrected chi connectivity index (χ0v) is 13.3. The summed E-state index contributed by atoms with van der Waals surface area (Å²) in [6, 6.07) is -0.342. The number of nitrogens with one attached hydrogen (secondary N) is 1. The second-order valence-electron chi connectivity index (χ2n) is 5.00. The summed E-state index contributed by atoms with van der Waals surface area (Å²) in [5.74, 6) is 2.20. The van der Waals surface area contributed by atoms with Gasteiger partial charge in [0, 0.05) is 6.54 Å². The highest BCUT2D eigenvalue weighted by atomic mass is 32.2. The summed E-state index contributed by atoms with van der Waals surface area (Å²) in [4.78, 5) is 26.5. The number of carbonyl (C=O) groups excluding carboxylic acids is 2. The fourth-order valence-corrected chi connectivity index (χ4v) is 3.11. The number of amides is 2. The Labute approximate surface area is 120 Å². The number of thioether (sulfide) groups is 1. The molecule has 19 heavy (non-hydrogen) atoms. The molecule has 0 aromatic carbocycles. The Bertz CT molecular complexity index is 329. The molecule has 1 aliphatic rings. The standard InChI is InChI=1S/C14H26N2O2S/c1-5-14(6-2)13(18)16(9-8-10-19-7-3)11(4)12(17)15-14/h11H,5-10H2,1-4H3,(H,15,17). The first-order valence-electron chi connectivity index (χ1n) is 7.23. The van der Waals surface area contributed by atoms with Crippen molar-refractivity contribution in [2.75, 3.05) is 18.1 Å². The van der Waals surface area contributed by atoms with E-state index in [1.807, 2.05) is 32.5 Å². The van der Waals surface area contributed by atoms with Gasteiger partial charge < -0.3 is 10.2 Å². The number of nitrogens with zero attached hydrogens (tertiary/aromatic N) is 1. The van der Waals surface area contributed by atoms with E-state index >= 15 is 0 Å². The quantitative estimate of drug-likeness (QED) is 0.729. The van der Waals surface area contributed by atoms with E-state index in [2.05, 4.69) is 12.2 Å². The molecule has 1 N–H and O–H groups in total. The van der Waals surface area contributed by atoms with Crippen molar-refractivity contribution >= 4 is 23.6 Å². The molecule has 0 radical (unpaired) electrons. The van der Waals surface area contributed by atoms with Crippen molar-refractivity contribution in [1.82, 2.24) is 10.2 Å². The first-order chi connectivity index (χ1) is 9.02. The molecule has 0 saturated carbocycles. The lowest BCUT2D eigenvalue weighted by Gasteiger charge is -2.44. The smallest absolute Gasteiger partial charge is 0.248 e. The molecule has 2 amide bonds. The van der Waals surface area contributed by atoms with Crippen molar-refractivity contribution in [1.29, 1.82) is 0 Å². The van der Waals surface area contributed by atoms with Crippen LogP contribution < -0.4 is 5.32 Å². The molecule has 1 heterocycles. The van der Waals surface area contributed by atoms with Gasteiger partial charge in [-0.2, -0.15) is 11.8 Å². The maximum Gasteiger partial charge on any atom is 0.248 e. The first-order valence-corrected chi connectivity index (χ1v) is 8.38. The van der Waals surface area contributed by atoms with Crippen LogP contribution in [0.4, 0.5) is 0 Å². The topological polar surface area (TPSA) is 49.4 Å². The van der Waals surface area contributed by atoms with Crippen molar-refractivity contribution in [3.63, 3.8) is 0 Å². The minimum atomic E-state index is -0.679. The SMILES string of the molecule is CCSCCCN1C(=O)C(CC)(CC)NC(=O)C1C. The van der Waals surface area contributed by atoms with E-state index in [0.29, 0.717) is 19.4 Å². The van der Waals surface area contributed by atoms with Gasteiger partial charge in [-0.15, -0.1) is 0 Å². The molecule has 1 unspecified atom stereocenters. The molecule has 0 aromatic rings. The van der Waals surface area contributed by atoms with E-state index in [0.717, 1.165) is 17.9 Å². The molecular formula is C14H26N2O2S. The Morgan fingerprint density at radius 2 is 1.89 bits per heavy atom. The Morgan fingerprint density at radius 1 is 1.26 bits per heavy atom. The molecule has 110 valence electrons. The lowest BCUT2D eigenvalue weighted by molar-refractivity contribution is -0.154. The molecule has 1 atom stereocenters. The summed E-state index contributed by atoms with van der Waals surface area (Å²) in [5.41, 5.74) is -0.679. The average molecular weight is 286 g/mol. The first kappa shape index (κ1) is 16.3. The molecule has 4 nitrogen and oxygen atoms in total. The van der Waals surface area contributed by atoms with E-state index in [1.165, 1.54) is 0 Å². The maximum atomic E-state index is 12.6. The zero-order chi connectivity index (χ0) is 14.5. The van der Waals surface area contributed by atoms with Crippen LogP contribution in [0.1, 0.15) is 47.0 Å². The van der Waals surface area contributed by atoms with Crippen molar-refractivity contribution in [2.24, 2.45) is 0 Å². The van der Waals surface area contributed by atoms with E-state index in [-0.39, 0.29) is 17.9 Å². The van der Waals surface area contributed by atoms with Crippen LogP contribution >= 0.6 is 11.8 Å². The van der Waals surface area contributed by atoms with Gasteiger partial charge >= 0.3 is 0 Å². The third kappa shape index (κ3) is 3.44. The van der Waals surface area contributed by atoms with E-state index in [4.69, 9.17) is 0 Å². The maximum absolute atomic E-state index is 12.6. The van der Waals surface area contributed by atoms with Crippen LogP contribution in [0.5, 0.6) is 0 Å². The Hall–Kier alpha value is -0.710. The second-order valence-corrected chi connectivity index (χ2v) is 6.40. The third-order valence-electron chi connectivity index (χ3n) is 3.98. The van der Waals surface area contributed by atoms with Gasteiger partial charge in [0.25, 0.3) is 0 Å². The van der Waals surface area contributed by atoms with Gasteiger partial charge in [0.2, 0.25) is 11.8 Å². The fraction of sp³-hybridized carbons (Fsp3) is 0.857. The van der Waals surface area contributed by atoms with Crippen LogP contribution in [0, 0.1) is 0 Å². The van der Waals surface area contributed by atoms with Crippen LogP contribution in [0.2, 0.25) is 0 Å². The summed E-state index contributed by atoms with van der Waals surface area (Å²) in [5, 5.41) is 2.92. The van der Waals surface area contributed by atoms with Gasteiger partial charge in [-0.05, 0) is 37.7 Å². The molecule has 5 heteroatoms. The largest absolute Gasteiger partial charge is 0.340 e. The number of piperazine rings is 1. The molecule has 1 fully saturated rings. The highest BCUT2D eigenvalue weighted by molar-refractivity contribution is 7.99. The van der Waals surface area contributed by atoms with Crippen molar-refractivity contribution < 1.29 is 9.59 Å². The number of rotatable bonds is 7. The van der Waals surface area contributed by atoms with E-state index in [9.17, 15) is 9.59 Å². The summed E-state index contributed by atoms with van der Waals surface area (Å²) in [6.07, 6.45) is 2.26. The molecule has 1 saturated heterocycles. The minimum absolute atomic E-state index is 0.0218. The minimum Gasteiger partial charge on any atom is -0.340 e. The highest BCUT2D eigenvalue weighted by Crippen LogP contribution is 2.25. The van der Waals surface area contributed by atoms with Gasteiger partial charge in [0.1, 0.15) is 11.6 Å².